The second-order valence-electron chi connectivity index (χ2n) is 7.28. The molecule has 1 fully saturated rings. The first-order valence-electron chi connectivity index (χ1n) is 10.2. The van der Waals surface area contributed by atoms with Crippen molar-refractivity contribution in [2.24, 2.45) is 0 Å². The number of cyclic esters (lactones) is 1. The number of pyridine rings is 1. The fourth-order valence-electron chi connectivity index (χ4n) is 3.42. The van der Waals surface area contributed by atoms with Crippen LogP contribution in [0, 0.1) is 5.82 Å². The first-order chi connectivity index (χ1) is 16.4. The van der Waals surface area contributed by atoms with Gasteiger partial charge in [-0.05, 0) is 36.8 Å². The summed E-state index contributed by atoms with van der Waals surface area (Å²) in [6.45, 7) is 3.63. The molecule has 34 heavy (non-hydrogen) atoms. The first kappa shape index (κ1) is 23.5. The van der Waals surface area contributed by atoms with E-state index in [9.17, 15) is 18.8 Å². The number of ether oxygens (including phenoxy) is 2. The molecule has 0 unspecified atom stereocenters. The molecule has 176 valence electrons. The van der Waals surface area contributed by atoms with Crippen LogP contribution in [0.15, 0.2) is 66.1 Å². The summed E-state index contributed by atoms with van der Waals surface area (Å²) in [4.78, 5) is 38.0. The van der Waals surface area contributed by atoms with Gasteiger partial charge in [0.25, 0.3) is 5.56 Å². The van der Waals surface area contributed by atoms with Crippen LogP contribution in [0.4, 0.5) is 19.7 Å². The number of aromatic nitrogens is 1. The molecule has 0 saturated carbocycles. The average molecular weight is 504 g/mol. The number of thiophene rings is 1. The topological polar surface area (TPSA) is 89.9 Å². The van der Waals surface area contributed by atoms with Gasteiger partial charge in [0.15, 0.2) is 5.06 Å². The Morgan fingerprint density at radius 2 is 2.15 bits per heavy atom. The molecule has 0 bridgehead atoms. The van der Waals surface area contributed by atoms with Crippen LogP contribution < -0.4 is 20.5 Å². The highest BCUT2D eigenvalue weighted by Gasteiger charge is 2.34. The number of nitrogens with one attached hydrogen (secondary N) is 1. The molecular weight excluding hydrogens is 485 g/mol. The Labute approximate surface area is 202 Å². The summed E-state index contributed by atoms with van der Waals surface area (Å²) in [7, 11) is 0. The molecule has 3 heterocycles. The van der Waals surface area contributed by atoms with E-state index in [0.29, 0.717) is 27.1 Å². The monoisotopic (exact) mass is 503 g/mol. The number of halogens is 2. The van der Waals surface area contributed by atoms with E-state index >= 15 is 0 Å². The number of nitrogens with zero attached hydrogens (tertiary/aromatic N) is 2. The van der Waals surface area contributed by atoms with Crippen molar-refractivity contribution in [1.82, 2.24) is 9.88 Å². The van der Waals surface area contributed by atoms with Gasteiger partial charge in [-0.1, -0.05) is 35.1 Å². The van der Waals surface area contributed by atoms with Crippen LogP contribution in [0.1, 0.15) is 5.56 Å². The highest BCUT2D eigenvalue weighted by atomic mass is 35.5. The largest absolute Gasteiger partial charge is 0.442 e. The summed E-state index contributed by atoms with van der Waals surface area (Å²) < 4.78 is 27.1. The second-order valence-corrected chi connectivity index (χ2v) is 8.96. The third-order valence-corrected chi connectivity index (χ3v) is 6.09. The minimum Gasteiger partial charge on any atom is -0.442 e. The summed E-state index contributed by atoms with van der Waals surface area (Å²) >= 11 is 6.89. The Balaban J connectivity index is 1.42. The van der Waals surface area contributed by atoms with Gasteiger partial charge >= 0.3 is 12.2 Å². The lowest BCUT2D eigenvalue weighted by Crippen LogP contribution is -2.36. The van der Waals surface area contributed by atoms with Gasteiger partial charge in [0, 0.05) is 17.8 Å². The van der Waals surface area contributed by atoms with Crippen molar-refractivity contribution in [3.63, 3.8) is 0 Å². The molecule has 0 radical (unpaired) electrons. The fraction of sp³-hybridized carbons (Fsp3) is 0.174. The highest BCUT2D eigenvalue weighted by molar-refractivity contribution is 7.17. The summed E-state index contributed by atoms with van der Waals surface area (Å²) in [5.74, 6) is -0.696. The van der Waals surface area contributed by atoms with E-state index in [-0.39, 0.29) is 24.3 Å². The van der Waals surface area contributed by atoms with Crippen LogP contribution in [0.2, 0.25) is 4.34 Å². The Bertz CT molecular complexity index is 1310. The zero-order chi connectivity index (χ0) is 24.2. The molecule has 8 nitrogen and oxygen atoms in total. The second kappa shape index (κ2) is 10.1. The predicted octanol–water partition coefficient (Wildman–Crippen LogP) is 4.53. The lowest BCUT2D eigenvalue weighted by Gasteiger charge is -2.15. The number of allylic oxidation sites excluding steroid dienone is 1. The van der Waals surface area contributed by atoms with Gasteiger partial charge in [-0.2, -0.15) is 0 Å². The van der Waals surface area contributed by atoms with Gasteiger partial charge in [0.05, 0.1) is 28.8 Å². The number of carbonyl (C=O) groups excluding carboxylic acids is 2. The average Bonchev–Trinajstić information content (AvgIpc) is 3.38. The van der Waals surface area contributed by atoms with Crippen molar-refractivity contribution in [2.75, 3.05) is 18.0 Å². The number of benzene rings is 1. The summed E-state index contributed by atoms with van der Waals surface area (Å²) in [5, 5.41) is 2.82. The third kappa shape index (κ3) is 5.13. The van der Waals surface area contributed by atoms with E-state index in [4.69, 9.17) is 21.1 Å². The Morgan fingerprint density at radius 3 is 2.85 bits per heavy atom. The van der Waals surface area contributed by atoms with Gasteiger partial charge in [-0.3, -0.25) is 14.3 Å². The van der Waals surface area contributed by atoms with Crippen LogP contribution in [0.25, 0.3) is 5.69 Å². The van der Waals surface area contributed by atoms with E-state index in [1.54, 1.807) is 42.6 Å². The maximum atomic E-state index is 14.9. The molecule has 4 rings (SSSR count). The lowest BCUT2D eigenvalue weighted by atomic mass is 10.2. The van der Waals surface area contributed by atoms with Crippen molar-refractivity contribution in [1.29, 1.82) is 0 Å². The molecule has 3 aromatic rings. The summed E-state index contributed by atoms with van der Waals surface area (Å²) in [6, 6.07) is 10.7. The SMILES string of the molecule is C=CCc1cccn(-c2ccc(N3C[C@H](CNC(=O)Oc4ccc(Cl)s4)OC3=O)c(F)c2)c1=O. The quantitative estimate of drug-likeness (QED) is 0.478. The Morgan fingerprint density at radius 1 is 1.32 bits per heavy atom. The van der Waals surface area contributed by atoms with Crippen LogP contribution >= 0.6 is 22.9 Å². The highest BCUT2D eigenvalue weighted by Crippen LogP contribution is 2.28. The molecule has 2 aromatic heterocycles. The van der Waals surface area contributed by atoms with Gasteiger partial charge in [0.1, 0.15) is 11.9 Å². The van der Waals surface area contributed by atoms with Crippen molar-refractivity contribution in [3.8, 4) is 10.8 Å². The van der Waals surface area contributed by atoms with Crippen molar-refractivity contribution in [3.05, 3.63) is 87.4 Å². The zero-order valence-corrected chi connectivity index (χ0v) is 19.3. The molecule has 1 atom stereocenters. The molecule has 1 aliphatic heterocycles. The van der Waals surface area contributed by atoms with Crippen LogP contribution in [0.5, 0.6) is 5.06 Å². The number of rotatable bonds is 7. The molecule has 11 heteroatoms. The maximum Gasteiger partial charge on any atom is 0.414 e. The number of hydrogen-bond donors (Lipinski definition) is 1. The number of carbonyl (C=O) groups is 2. The normalized spacial score (nSPS) is 15.2. The Hall–Kier alpha value is -3.63. The van der Waals surface area contributed by atoms with E-state index in [1.165, 1.54) is 16.7 Å². The predicted molar refractivity (Wildman–Crippen MR) is 127 cm³/mol. The van der Waals surface area contributed by atoms with Crippen LogP contribution in [0.3, 0.4) is 0 Å². The van der Waals surface area contributed by atoms with Crippen LogP contribution in [-0.2, 0) is 11.2 Å². The number of hydrogen-bond acceptors (Lipinski definition) is 6. The smallest absolute Gasteiger partial charge is 0.414 e. The molecule has 0 aliphatic carbocycles. The van der Waals surface area contributed by atoms with Gasteiger partial charge < -0.3 is 14.8 Å². The summed E-state index contributed by atoms with van der Waals surface area (Å²) in [6.07, 6.45) is 1.37. The number of amides is 2. The lowest BCUT2D eigenvalue weighted by molar-refractivity contribution is 0.137. The van der Waals surface area contributed by atoms with Crippen LogP contribution in [-0.4, -0.2) is 35.9 Å². The minimum atomic E-state index is -0.748. The molecule has 0 spiro atoms. The van der Waals surface area contributed by atoms with Gasteiger partial charge in [-0.25, -0.2) is 14.0 Å². The molecule has 1 aliphatic rings. The third-order valence-electron chi connectivity index (χ3n) is 4.98. The summed E-state index contributed by atoms with van der Waals surface area (Å²) in [5.41, 5.74) is 0.570. The first-order valence-corrected chi connectivity index (χ1v) is 11.4. The van der Waals surface area contributed by atoms with Gasteiger partial charge in [-0.15, -0.1) is 6.58 Å². The molecule has 1 saturated heterocycles. The molecule has 1 aromatic carbocycles. The van der Waals surface area contributed by atoms with E-state index in [2.05, 4.69) is 11.9 Å². The Kier molecular flexibility index (Phi) is 6.99. The molecular formula is C23H19ClFN3O5S. The molecule has 2 amide bonds. The van der Waals surface area contributed by atoms with E-state index in [1.807, 2.05) is 0 Å². The number of anilines is 1. The van der Waals surface area contributed by atoms with E-state index < -0.39 is 24.1 Å². The standard InChI is InChI=1S/C23H19ClFN3O5S/c1-2-4-14-5-3-10-27(21(14)29)15-6-7-18(17(25)11-15)28-13-16(32-23(28)31)12-26-22(30)33-20-9-8-19(24)34-20/h2-3,5-11,16H,1,4,12-13H2,(H,26,30)/t16-/m0/s1. The zero-order valence-electron chi connectivity index (χ0n) is 17.7. The minimum absolute atomic E-state index is 0.00218. The van der Waals surface area contributed by atoms with Gasteiger partial charge in [0.2, 0.25) is 0 Å². The molecule has 1 N–H and O–H groups in total. The maximum absolute atomic E-state index is 14.9. The van der Waals surface area contributed by atoms with E-state index in [0.717, 1.165) is 16.2 Å². The van der Waals surface area contributed by atoms with Crippen molar-refractivity contribution in [2.45, 2.75) is 12.5 Å². The van der Waals surface area contributed by atoms with Crippen molar-refractivity contribution >= 4 is 40.8 Å². The fourth-order valence-corrected chi connectivity index (χ4v) is 4.29. The van der Waals surface area contributed by atoms with Crippen molar-refractivity contribution < 1.29 is 23.5 Å².